The predicted molar refractivity (Wildman–Crippen MR) is 141 cm³/mol. The Hall–Kier alpha value is -3.86. The number of ether oxygens (including phenoxy) is 2. The van der Waals surface area contributed by atoms with E-state index in [9.17, 15) is 18.4 Å². The van der Waals surface area contributed by atoms with Crippen molar-refractivity contribution in [3.05, 3.63) is 76.8 Å². The molecular weight excluding hydrogens is 508 g/mol. The number of methoxy groups -OCH3 is 2. The fraction of sp³-hybridized carbons (Fsp3) is 0.429. The molecule has 2 aliphatic heterocycles. The lowest BCUT2D eigenvalue weighted by Gasteiger charge is -2.35. The molecule has 9 nitrogen and oxygen atoms in total. The quantitative estimate of drug-likeness (QED) is 0.418. The van der Waals surface area contributed by atoms with Gasteiger partial charge in [-0.2, -0.15) is 0 Å². The van der Waals surface area contributed by atoms with Crippen molar-refractivity contribution in [2.24, 2.45) is 4.99 Å². The maximum absolute atomic E-state index is 14.2. The third-order valence-electron chi connectivity index (χ3n) is 7.08. The molecule has 0 saturated carbocycles. The molecule has 0 spiro atoms. The number of piperidine rings is 1. The van der Waals surface area contributed by atoms with Crippen molar-refractivity contribution in [1.82, 2.24) is 20.1 Å². The Morgan fingerprint density at radius 2 is 1.87 bits per heavy atom. The fourth-order valence-electron chi connectivity index (χ4n) is 5.06. The van der Waals surface area contributed by atoms with Gasteiger partial charge in [-0.3, -0.25) is 4.98 Å². The smallest absolute Gasteiger partial charge is 0.338 e. The Morgan fingerprint density at radius 1 is 1.10 bits per heavy atom. The average Bonchev–Trinajstić information content (AvgIpc) is 2.96. The van der Waals surface area contributed by atoms with Crippen LogP contribution in [0.1, 0.15) is 49.4 Å². The van der Waals surface area contributed by atoms with Crippen LogP contribution in [0.5, 0.6) is 0 Å². The largest absolute Gasteiger partial charge is 0.468 e. The van der Waals surface area contributed by atoms with Gasteiger partial charge in [0.15, 0.2) is 11.6 Å². The monoisotopic (exact) mass is 541 g/mol. The number of hydrogen-bond acceptors (Lipinski definition) is 7. The van der Waals surface area contributed by atoms with Gasteiger partial charge in [0.1, 0.15) is 6.04 Å². The van der Waals surface area contributed by atoms with Crippen LogP contribution >= 0.6 is 0 Å². The second kappa shape index (κ2) is 12.8. The summed E-state index contributed by atoms with van der Waals surface area (Å²) in [6.45, 7) is 4.62. The van der Waals surface area contributed by atoms with Gasteiger partial charge in [0.05, 0.1) is 25.5 Å². The van der Waals surface area contributed by atoms with E-state index in [4.69, 9.17) is 9.47 Å². The van der Waals surface area contributed by atoms with Crippen LogP contribution < -0.4 is 5.32 Å². The lowest BCUT2D eigenvalue weighted by molar-refractivity contribution is -0.136. The van der Waals surface area contributed by atoms with Gasteiger partial charge in [0.25, 0.3) is 0 Å². The lowest BCUT2D eigenvalue weighted by atomic mass is 9.93. The van der Waals surface area contributed by atoms with Crippen LogP contribution in [0, 0.1) is 11.6 Å². The first-order valence-corrected chi connectivity index (χ1v) is 12.9. The molecule has 0 aliphatic carbocycles. The fourth-order valence-corrected chi connectivity index (χ4v) is 5.06. The normalized spacial score (nSPS) is 18.5. The number of nitrogens with zero attached hydrogens (tertiary/aromatic N) is 4. The van der Waals surface area contributed by atoms with Gasteiger partial charge in [0.2, 0.25) is 0 Å². The number of likely N-dealkylation sites (tertiary alicyclic amines) is 1. The standard InChI is InChI=1S/C28H33F2N5O4/c1-18-24(26(36)38-2)25(20-8-9-21(29)22(30)17-20)35(28(33-18)39-3)27(37)32-13-6-14-34-15-10-19(11-16-34)23-7-4-5-12-31-23/h4-5,7-9,12,17,19,25H,6,10-11,13-16H2,1-3H3,(H,32,37). The van der Waals surface area contributed by atoms with Gasteiger partial charge in [0, 0.05) is 24.4 Å². The number of halogens is 2. The van der Waals surface area contributed by atoms with Crippen LogP contribution in [-0.4, -0.2) is 73.2 Å². The molecule has 0 bridgehead atoms. The Bertz CT molecular complexity index is 1250. The first kappa shape index (κ1) is 28.2. The van der Waals surface area contributed by atoms with Crippen LogP contribution in [0.2, 0.25) is 0 Å². The summed E-state index contributed by atoms with van der Waals surface area (Å²) >= 11 is 0. The van der Waals surface area contributed by atoms with E-state index in [1.165, 1.54) is 20.3 Å². The summed E-state index contributed by atoms with van der Waals surface area (Å²) in [6.07, 6.45) is 4.59. The zero-order chi connectivity index (χ0) is 27.9. The number of amidine groups is 1. The maximum atomic E-state index is 14.2. The molecule has 39 heavy (non-hydrogen) atoms. The first-order valence-electron chi connectivity index (χ1n) is 12.9. The molecule has 3 heterocycles. The highest BCUT2D eigenvalue weighted by Gasteiger charge is 2.41. The number of rotatable bonds is 7. The summed E-state index contributed by atoms with van der Waals surface area (Å²) in [5.41, 5.74) is 1.57. The van der Waals surface area contributed by atoms with Gasteiger partial charge >= 0.3 is 18.0 Å². The number of nitrogens with one attached hydrogen (secondary N) is 1. The zero-order valence-corrected chi connectivity index (χ0v) is 22.3. The molecule has 2 aliphatic rings. The second-order valence-corrected chi connectivity index (χ2v) is 9.49. The molecule has 2 amide bonds. The molecular formula is C28H33F2N5O4. The summed E-state index contributed by atoms with van der Waals surface area (Å²) in [7, 11) is 2.54. The molecule has 1 atom stereocenters. The van der Waals surface area contributed by atoms with Crippen molar-refractivity contribution in [3.8, 4) is 0 Å². The van der Waals surface area contributed by atoms with E-state index in [1.807, 2.05) is 18.3 Å². The Kier molecular flexibility index (Phi) is 9.23. The van der Waals surface area contributed by atoms with Gasteiger partial charge in [-0.1, -0.05) is 12.1 Å². The molecule has 0 radical (unpaired) electrons. The molecule has 1 unspecified atom stereocenters. The molecule has 2 aromatic rings. The van der Waals surface area contributed by atoms with E-state index >= 15 is 0 Å². The van der Waals surface area contributed by atoms with E-state index < -0.39 is 29.7 Å². The molecule has 1 aromatic heterocycles. The molecule has 1 aromatic carbocycles. The number of carbonyl (C=O) groups is 2. The molecule has 11 heteroatoms. The average molecular weight is 542 g/mol. The van der Waals surface area contributed by atoms with Gasteiger partial charge in [-0.05, 0) is 75.6 Å². The number of pyridine rings is 1. The summed E-state index contributed by atoms with van der Waals surface area (Å²) < 4.78 is 38.2. The van der Waals surface area contributed by atoms with Crippen molar-refractivity contribution in [2.75, 3.05) is 40.4 Å². The van der Waals surface area contributed by atoms with Gasteiger partial charge in [-0.25, -0.2) is 28.3 Å². The number of esters is 1. The maximum Gasteiger partial charge on any atom is 0.338 e. The number of urea groups is 1. The number of allylic oxidation sites excluding steroid dienone is 1. The van der Waals surface area contributed by atoms with Crippen LogP contribution in [0.25, 0.3) is 0 Å². The number of amides is 2. The van der Waals surface area contributed by atoms with Gasteiger partial charge < -0.3 is 19.7 Å². The minimum absolute atomic E-state index is 0.0234. The number of benzene rings is 1. The van der Waals surface area contributed by atoms with E-state index in [-0.39, 0.29) is 22.9 Å². The van der Waals surface area contributed by atoms with Crippen LogP contribution in [-0.2, 0) is 14.3 Å². The highest BCUT2D eigenvalue weighted by Crippen LogP contribution is 2.36. The van der Waals surface area contributed by atoms with E-state index in [1.54, 1.807) is 6.92 Å². The highest BCUT2D eigenvalue weighted by atomic mass is 19.2. The van der Waals surface area contributed by atoms with Crippen molar-refractivity contribution in [1.29, 1.82) is 0 Å². The third-order valence-corrected chi connectivity index (χ3v) is 7.08. The van der Waals surface area contributed by atoms with Gasteiger partial charge in [-0.15, -0.1) is 0 Å². The van der Waals surface area contributed by atoms with Crippen LogP contribution in [0.4, 0.5) is 13.6 Å². The number of hydrogen-bond donors (Lipinski definition) is 1. The van der Waals surface area contributed by atoms with E-state index in [0.717, 1.165) is 55.2 Å². The summed E-state index contributed by atoms with van der Waals surface area (Å²) in [6, 6.07) is 7.41. The van der Waals surface area contributed by atoms with Crippen LogP contribution in [0.3, 0.4) is 0 Å². The van der Waals surface area contributed by atoms with Crippen LogP contribution in [0.15, 0.2) is 58.9 Å². The molecule has 1 saturated heterocycles. The summed E-state index contributed by atoms with van der Waals surface area (Å²) in [5, 5.41) is 2.86. The number of carbonyl (C=O) groups excluding carboxylic acids is 2. The topological polar surface area (TPSA) is 96.4 Å². The SMILES string of the molecule is COC(=O)C1=C(C)N=C(OC)N(C(=O)NCCCN2CCC(c3ccccn3)CC2)C1c1ccc(F)c(F)c1. The summed E-state index contributed by atoms with van der Waals surface area (Å²) in [4.78, 5) is 38.3. The predicted octanol–water partition coefficient (Wildman–Crippen LogP) is 4.15. The van der Waals surface area contributed by atoms with E-state index in [0.29, 0.717) is 18.9 Å². The molecule has 1 fully saturated rings. The lowest BCUT2D eigenvalue weighted by Crippen LogP contribution is -2.50. The molecule has 208 valence electrons. The Balaban J connectivity index is 1.41. The van der Waals surface area contributed by atoms with E-state index in [2.05, 4.69) is 26.3 Å². The van der Waals surface area contributed by atoms with Crippen molar-refractivity contribution < 1.29 is 27.8 Å². The summed E-state index contributed by atoms with van der Waals surface area (Å²) in [5.74, 6) is -2.44. The Labute approximate surface area is 226 Å². The Morgan fingerprint density at radius 3 is 2.51 bits per heavy atom. The van der Waals surface area contributed by atoms with Crippen molar-refractivity contribution >= 4 is 18.0 Å². The molecule has 1 N–H and O–H groups in total. The number of aromatic nitrogens is 1. The zero-order valence-electron chi connectivity index (χ0n) is 22.3. The second-order valence-electron chi connectivity index (χ2n) is 9.49. The first-order chi connectivity index (χ1) is 18.8. The highest BCUT2D eigenvalue weighted by molar-refractivity contribution is 6.00. The van der Waals surface area contributed by atoms with Crippen molar-refractivity contribution in [3.63, 3.8) is 0 Å². The van der Waals surface area contributed by atoms with Crippen molar-refractivity contribution in [2.45, 2.75) is 38.1 Å². The number of aliphatic imine (C=N–C) groups is 1. The minimum Gasteiger partial charge on any atom is -0.468 e. The molecule has 4 rings (SSSR count). The third kappa shape index (κ3) is 6.42. The minimum atomic E-state index is -1.13.